The maximum absolute atomic E-state index is 11.0. The summed E-state index contributed by atoms with van der Waals surface area (Å²) >= 11 is 0. The normalized spacial score (nSPS) is 17.4. The summed E-state index contributed by atoms with van der Waals surface area (Å²) in [7, 11) is 0. The smallest absolute Gasteiger partial charge is 0.220 e. The molecular weight excluding hydrogens is 202 g/mol. The fourth-order valence-corrected chi connectivity index (χ4v) is 2.04. The number of nitrogens with zero attached hydrogens (tertiary/aromatic N) is 2. The zero-order valence-electron chi connectivity index (χ0n) is 9.52. The van der Waals surface area contributed by atoms with Crippen molar-refractivity contribution in [1.82, 2.24) is 4.98 Å². The molecule has 2 N–H and O–H groups in total. The van der Waals surface area contributed by atoms with Crippen molar-refractivity contribution < 1.29 is 4.79 Å². The first-order valence-electron chi connectivity index (χ1n) is 5.64. The lowest BCUT2D eigenvalue weighted by atomic mass is 9.96. The predicted molar refractivity (Wildman–Crippen MR) is 63.1 cm³/mol. The molecule has 1 fully saturated rings. The molecule has 2 rings (SSSR count). The highest BCUT2D eigenvalue weighted by molar-refractivity contribution is 5.76. The Kier molecular flexibility index (Phi) is 3.08. The maximum atomic E-state index is 11.0. The number of hydrogen-bond acceptors (Lipinski definition) is 3. The lowest BCUT2D eigenvalue weighted by Gasteiger charge is -2.31. The number of amides is 1. The Bertz CT molecular complexity index is 366. The number of aryl methyl sites for hydroxylation is 1. The number of pyridine rings is 1. The average molecular weight is 219 g/mol. The van der Waals surface area contributed by atoms with Crippen LogP contribution in [0.1, 0.15) is 18.4 Å². The van der Waals surface area contributed by atoms with Crippen molar-refractivity contribution in [2.45, 2.75) is 19.8 Å². The molecular formula is C12H17N3O. The van der Waals surface area contributed by atoms with Crippen molar-refractivity contribution in [3.8, 4) is 0 Å². The number of hydrogen-bond donors (Lipinski definition) is 1. The molecule has 0 aliphatic carbocycles. The van der Waals surface area contributed by atoms with Gasteiger partial charge in [-0.1, -0.05) is 6.07 Å². The van der Waals surface area contributed by atoms with Gasteiger partial charge in [0.2, 0.25) is 5.91 Å². The first kappa shape index (κ1) is 10.9. The van der Waals surface area contributed by atoms with E-state index in [1.165, 1.54) is 0 Å². The van der Waals surface area contributed by atoms with Gasteiger partial charge in [0, 0.05) is 25.2 Å². The van der Waals surface area contributed by atoms with Gasteiger partial charge >= 0.3 is 0 Å². The summed E-state index contributed by atoms with van der Waals surface area (Å²) in [5, 5.41) is 0. The monoisotopic (exact) mass is 219 g/mol. The van der Waals surface area contributed by atoms with Crippen molar-refractivity contribution >= 4 is 11.7 Å². The van der Waals surface area contributed by atoms with E-state index in [0.717, 1.165) is 37.3 Å². The third-order valence-electron chi connectivity index (χ3n) is 3.12. The molecule has 1 saturated heterocycles. The molecule has 0 radical (unpaired) electrons. The average Bonchev–Trinajstić information content (AvgIpc) is 2.30. The Morgan fingerprint density at radius 1 is 1.44 bits per heavy atom. The van der Waals surface area contributed by atoms with E-state index in [9.17, 15) is 4.79 Å². The summed E-state index contributed by atoms with van der Waals surface area (Å²) in [5.41, 5.74) is 6.46. The van der Waals surface area contributed by atoms with Gasteiger partial charge in [0.05, 0.1) is 0 Å². The van der Waals surface area contributed by atoms with Crippen molar-refractivity contribution in [3.05, 3.63) is 23.9 Å². The molecule has 1 aliphatic heterocycles. The van der Waals surface area contributed by atoms with Crippen LogP contribution >= 0.6 is 0 Å². The van der Waals surface area contributed by atoms with Gasteiger partial charge in [-0.15, -0.1) is 0 Å². The minimum absolute atomic E-state index is 0.0432. The van der Waals surface area contributed by atoms with Crippen LogP contribution in [0.5, 0.6) is 0 Å². The lowest BCUT2D eigenvalue weighted by Crippen LogP contribution is -2.38. The van der Waals surface area contributed by atoms with E-state index in [0.29, 0.717) is 0 Å². The fraction of sp³-hybridized carbons (Fsp3) is 0.500. The van der Waals surface area contributed by atoms with Gasteiger partial charge in [-0.25, -0.2) is 4.98 Å². The van der Waals surface area contributed by atoms with E-state index in [4.69, 9.17) is 5.73 Å². The van der Waals surface area contributed by atoms with Crippen LogP contribution in [0.4, 0.5) is 5.82 Å². The van der Waals surface area contributed by atoms with Gasteiger partial charge in [0.1, 0.15) is 5.82 Å². The Labute approximate surface area is 95.5 Å². The standard InChI is InChI=1S/C12H17N3O/c1-9-2-3-11(14-8-9)15-6-4-10(5-7-15)12(13)16/h2-3,8,10H,4-7H2,1H3,(H2,13,16). The van der Waals surface area contributed by atoms with Crippen LogP contribution in [-0.4, -0.2) is 24.0 Å². The molecule has 0 bridgehead atoms. The Morgan fingerprint density at radius 3 is 2.62 bits per heavy atom. The molecule has 0 saturated carbocycles. The Hall–Kier alpha value is -1.58. The summed E-state index contributed by atoms with van der Waals surface area (Å²) in [5.74, 6) is 0.867. The molecule has 1 amide bonds. The topological polar surface area (TPSA) is 59.2 Å². The summed E-state index contributed by atoms with van der Waals surface area (Å²) in [6.07, 6.45) is 3.55. The molecule has 16 heavy (non-hydrogen) atoms. The quantitative estimate of drug-likeness (QED) is 0.810. The van der Waals surface area contributed by atoms with E-state index < -0.39 is 0 Å². The molecule has 4 nitrogen and oxygen atoms in total. The molecule has 86 valence electrons. The van der Waals surface area contributed by atoms with Crippen LogP contribution in [0, 0.1) is 12.8 Å². The summed E-state index contributed by atoms with van der Waals surface area (Å²) in [4.78, 5) is 17.6. The number of anilines is 1. The number of carbonyl (C=O) groups is 1. The number of rotatable bonds is 2. The van der Waals surface area contributed by atoms with Crippen molar-refractivity contribution in [2.24, 2.45) is 11.7 Å². The molecule has 0 atom stereocenters. The second kappa shape index (κ2) is 4.51. The third kappa shape index (κ3) is 2.32. The molecule has 0 aromatic carbocycles. The first-order valence-corrected chi connectivity index (χ1v) is 5.64. The first-order chi connectivity index (χ1) is 7.66. The highest BCUT2D eigenvalue weighted by atomic mass is 16.1. The van der Waals surface area contributed by atoms with Gasteiger partial charge in [-0.2, -0.15) is 0 Å². The number of primary amides is 1. The summed E-state index contributed by atoms with van der Waals surface area (Å²) in [6.45, 7) is 3.75. The zero-order valence-corrected chi connectivity index (χ0v) is 9.52. The van der Waals surface area contributed by atoms with E-state index in [1.807, 2.05) is 19.2 Å². The third-order valence-corrected chi connectivity index (χ3v) is 3.12. The SMILES string of the molecule is Cc1ccc(N2CCC(C(N)=O)CC2)nc1. The van der Waals surface area contributed by atoms with Crippen LogP contribution in [0.25, 0.3) is 0 Å². The number of piperidine rings is 1. The van der Waals surface area contributed by atoms with Gasteiger partial charge in [0.25, 0.3) is 0 Å². The summed E-state index contributed by atoms with van der Waals surface area (Å²) < 4.78 is 0. The van der Waals surface area contributed by atoms with Crippen LogP contribution in [-0.2, 0) is 4.79 Å². The van der Waals surface area contributed by atoms with Crippen molar-refractivity contribution in [2.75, 3.05) is 18.0 Å². The van der Waals surface area contributed by atoms with Crippen LogP contribution < -0.4 is 10.6 Å². The van der Waals surface area contributed by atoms with Gasteiger partial charge < -0.3 is 10.6 Å². The molecule has 1 aromatic heterocycles. The summed E-state index contributed by atoms with van der Waals surface area (Å²) in [6, 6.07) is 4.09. The fourth-order valence-electron chi connectivity index (χ4n) is 2.04. The molecule has 4 heteroatoms. The largest absolute Gasteiger partial charge is 0.369 e. The van der Waals surface area contributed by atoms with Crippen LogP contribution in [0.15, 0.2) is 18.3 Å². The molecule has 0 unspecified atom stereocenters. The van der Waals surface area contributed by atoms with E-state index in [-0.39, 0.29) is 11.8 Å². The number of aromatic nitrogens is 1. The number of nitrogens with two attached hydrogens (primary N) is 1. The van der Waals surface area contributed by atoms with E-state index in [1.54, 1.807) is 0 Å². The van der Waals surface area contributed by atoms with Crippen LogP contribution in [0.2, 0.25) is 0 Å². The van der Waals surface area contributed by atoms with Crippen molar-refractivity contribution in [3.63, 3.8) is 0 Å². The van der Waals surface area contributed by atoms with Gasteiger partial charge in [-0.05, 0) is 31.4 Å². The minimum atomic E-state index is -0.170. The Balaban J connectivity index is 1.99. The predicted octanol–water partition coefficient (Wildman–Crippen LogP) is 1.09. The second-order valence-corrected chi connectivity index (χ2v) is 4.36. The highest BCUT2D eigenvalue weighted by Gasteiger charge is 2.23. The molecule has 1 aliphatic rings. The maximum Gasteiger partial charge on any atom is 0.220 e. The van der Waals surface area contributed by atoms with Gasteiger partial charge in [0.15, 0.2) is 0 Å². The second-order valence-electron chi connectivity index (χ2n) is 4.36. The molecule has 1 aromatic rings. The molecule has 2 heterocycles. The minimum Gasteiger partial charge on any atom is -0.369 e. The van der Waals surface area contributed by atoms with E-state index >= 15 is 0 Å². The highest BCUT2D eigenvalue weighted by Crippen LogP contribution is 2.21. The van der Waals surface area contributed by atoms with Crippen molar-refractivity contribution in [1.29, 1.82) is 0 Å². The lowest BCUT2D eigenvalue weighted by molar-refractivity contribution is -0.122. The number of carbonyl (C=O) groups excluding carboxylic acids is 1. The zero-order chi connectivity index (χ0) is 11.5. The van der Waals surface area contributed by atoms with E-state index in [2.05, 4.69) is 16.0 Å². The Morgan fingerprint density at radius 2 is 2.12 bits per heavy atom. The molecule has 0 spiro atoms. The van der Waals surface area contributed by atoms with Crippen LogP contribution in [0.3, 0.4) is 0 Å². The van der Waals surface area contributed by atoms with Gasteiger partial charge in [-0.3, -0.25) is 4.79 Å².